The number of pyridine rings is 1. The number of amides is 1. The van der Waals surface area contributed by atoms with Gasteiger partial charge in [-0.3, -0.25) is 14.2 Å². The summed E-state index contributed by atoms with van der Waals surface area (Å²) in [5, 5.41) is 5.61. The molecule has 45 heavy (non-hydrogen) atoms. The topological polar surface area (TPSA) is 76.5 Å². The molecule has 12 heteroatoms. The Morgan fingerprint density at radius 1 is 1.18 bits per heavy atom. The Labute approximate surface area is 267 Å². The van der Waals surface area contributed by atoms with Gasteiger partial charge in [0.05, 0.1) is 45.4 Å². The molecule has 7 nitrogen and oxygen atoms in total. The Balaban J connectivity index is 1.74. The van der Waals surface area contributed by atoms with Gasteiger partial charge in [0.1, 0.15) is 10.8 Å². The molecule has 0 spiro atoms. The minimum absolute atomic E-state index is 0.0857. The molecule has 2 aromatic heterocycles. The van der Waals surface area contributed by atoms with Crippen molar-refractivity contribution < 1.29 is 22.7 Å². The molecule has 0 unspecified atom stereocenters. The quantitative estimate of drug-likeness (QED) is 0.222. The van der Waals surface area contributed by atoms with Gasteiger partial charge in [-0.15, -0.1) is 11.3 Å². The first-order chi connectivity index (χ1) is 21.4. The van der Waals surface area contributed by atoms with E-state index < -0.39 is 17.3 Å². The minimum Gasteiger partial charge on any atom is -0.494 e. The number of thiazole rings is 1. The van der Waals surface area contributed by atoms with Crippen LogP contribution in [-0.2, 0) is 6.18 Å². The number of ether oxygens (including phenoxy) is 1. The maximum absolute atomic E-state index is 14.4. The zero-order valence-corrected chi connectivity index (χ0v) is 26.7. The maximum Gasteiger partial charge on any atom is 0.416 e. The Bertz CT molecular complexity index is 1810. The number of piperazine rings is 1. The van der Waals surface area contributed by atoms with Crippen molar-refractivity contribution in [1.82, 2.24) is 19.8 Å². The predicted molar refractivity (Wildman–Crippen MR) is 172 cm³/mol. The van der Waals surface area contributed by atoms with E-state index in [4.69, 9.17) is 16.3 Å². The van der Waals surface area contributed by atoms with E-state index in [0.29, 0.717) is 65.2 Å². The molecule has 236 valence electrons. The Kier molecular flexibility index (Phi) is 9.52. The van der Waals surface area contributed by atoms with Crippen LogP contribution in [0, 0.1) is 0 Å². The molecule has 0 bridgehead atoms. The highest BCUT2D eigenvalue weighted by molar-refractivity contribution is 7.13. The molecule has 0 radical (unpaired) electrons. The van der Waals surface area contributed by atoms with Crippen LogP contribution in [0.25, 0.3) is 33.6 Å². The average Bonchev–Trinajstić information content (AvgIpc) is 3.48. The molecule has 1 aliphatic heterocycles. The second-order valence-electron chi connectivity index (χ2n) is 11.0. The number of rotatable bonds is 7. The fraction of sp³-hybridized carbons (Fsp3) is 0.303. The van der Waals surface area contributed by atoms with Gasteiger partial charge in [0.15, 0.2) is 0 Å². The van der Waals surface area contributed by atoms with Crippen LogP contribution >= 0.6 is 22.9 Å². The van der Waals surface area contributed by atoms with Gasteiger partial charge in [-0.2, -0.15) is 13.2 Å². The van der Waals surface area contributed by atoms with Crippen LogP contribution < -0.4 is 15.6 Å². The van der Waals surface area contributed by atoms with Crippen molar-refractivity contribution in [2.45, 2.75) is 39.9 Å². The van der Waals surface area contributed by atoms with Gasteiger partial charge in [-0.05, 0) is 64.1 Å². The number of alkyl halides is 3. The van der Waals surface area contributed by atoms with Crippen molar-refractivity contribution >= 4 is 34.9 Å². The van der Waals surface area contributed by atoms with Crippen LogP contribution in [-0.4, -0.2) is 52.6 Å². The molecule has 3 heterocycles. The molecule has 0 saturated carbocycles. The lowest BCUT2D eigenvalue weighted by Gasteiger charge is -2.32. The lowest BCUT2D eigenvalue weighted by atomic mass is 10.0. The average molecular weight is 657 g/mol. The highest BCUT2D eigenvalue weighted by atomic mass is 35.5. The number of nitrogens with zero attached hydrogens (tertiary/aromatic N) is 3. The van der Waals surface area contributed by atoms with E-state index in [-0.39, 0.29) is 22.5 Å². The highest BCUT2D eigenvalue weighted by Crippen LogP contribution is 2.34. The van der Waals surface area contributed by atoms with Crippen LogP contribution in [0.2, 0.25) is 5.02 Å². The molecular formula is C33H32ClF3N4O3S. The normalized spacial score (nSPS) is 15.2. The summed E-state index contributed by atoms with van der Waals surface area (Å²) in [6.45, 7) is 9.59. The molecule has 1 atom stereocenters. The van der Waals surface area contributed by atoms with E-state index in [1.165, 1.54) is 16.7 Å². The largest absolute Gasteiger partial charge is 0.494 e. The molecule has 1 N–H and O–H groups in total. The fourth-order valence-corrected chi connectivity index (χ4v) is 6.22. The number of hydrogen-bond donors (Lipinski definition) is 1. The fourth-order valence-electron chi connectivity index (χ4n) is 5.18. The Hall–Kier alpha value is -3.93. The van der Waals surface area contributed by atoms with Crippen molar-refractivity contribution in [2.75, 3.05) is 26.2 Å². The van der Waals surface area contributed by atoms with E-state index in [9.17, 15) is 22.8 Å². The number of hydrogen-bond acceptors (Lipinski definition) is 6. The van der Waals surface area contributed by atoms with Crippen molar-refractivity contribution in [3.8, 4) is 33.3 Å². The molecule has 0 aliphatic carbocycles. The standard InChI is InChI=1S/C33H32ClF3N4O3S/c1-5-44-23-10-11-26(34)29(15-23)41-28(14-19(2)3)24(31(42)40-13-12-38-20(4)17-40)16-25(32(41)43)30-39-27(18-45-30)21-6-8-22(9-7-21)33(35,36)37/h6-11,14-16,18,20,38H,5,12-13,17H2,1-4H3/t20-/m1/s1. The molecule has 5 rings (SSSR count). The molecule has 1 aliphatic rings. The van der Waals surface area contributed by atoms with Crippen molar-refractivity contribution in [2.24, 2.45) is 0 Å². The number of aromatic nitrogens is 2. The smallest absolute Gasteiger partial charge is 0.416 e. The highest BCUT2D eigenvalue weighted by Gasteiger charge is 2.31. The summed E-state index contributed by atoms with van der Waals surface area (Å²) in [4.78, 5) is 35.0. The van der Waals surface area contributed by atoms with Gasteiger partial charge in [-0.25, -0.2) is 4.98 Å². The summed E-state index contributed by atoms with van der Waals surface area (Å²) in [5.41, 5.74) is 1.66. The third kappa shape index (κ3) is 7.00. The SMILES string of the molecule is CCOc1ccc(Cl)c(-n2c(C=C(C)C)c(C(=O)N3CCN[C@H](C)C3)cc(-c3nc(-c4ccc(C(F)(F)F)cc4)cs3)c2=O)c1. The van der Waals surface area contributed by atoms with E-state index in [2.05, 4.69) is 10.3 Å². The van der Waals surface area contributed by atoms with Crippen molar-refractivity contribution in [1.29, 1.82) is 0 Å². The van der Waals surface area contributed by atoms with Crippen molar-refractivity contribution in [3.63, 3.8) is 0 Å². The van der Waals surface area contributed by atoms with Gasteiger partial charge in [0, 0.05) is 42.7 Å². The van der Waals surface area contributed by atoms with Gasteiger partial charge in [0.2, 0.25) is 0 Å². The molecule has 1 fully saturated rings. The second kappa shape index (κ2) is 13.2. The summed E-state index contributed by atoms with van der Waals surface area (Å²) in [6.07, 6.45) is -2.68. The molecular weight excluding hydrogens is 625 g/mol. The lowest BCUT2D eigenvalue weighted by Crippen LogP contribution is -2.51. The second-order valence-corrected chi connectivity index (χ2v) is 12.3. The Morgan fingerprint density at radius 3 is 2.56 bits per heavy atom. The zero-order chi connectivity index (χ0) is 32.5. The van der Waals surface area contributed by atoms with Gasteiger partial charge in [0.25, 0.3) is 11.5 Å². The summed E-state index contributed by atoms with van der Waals surface area (Å²) in [7, 11) is 0. The van der Waals surface area contributed by atoms with Gasteiger partial charge in [-0.1, -0.05) is 29.3 Å². The van der Waals surface area contributed by atoms with Gasteiger partial charge >= 0.3 is 6.18 Å². The lowest BCUT2D eigenvalue weighted by molar-refractivity contribution is -0.137. The van der Waals surface area contributed by atoms with E-state index in [1.54, 1.807) is 40.6 Å². The van der Waals surface area contributed by atoms with Crippen LogP contribution in [0.3, 0.4) is 0 Å². The number of nitrogens with one attached hydrogen (secondary N) is 1. The summed E-state index contributed by atoms with van der Waals surface area (Å²) >= 11 is 7.87. The summed E-state index contributed by atoms with van der Waals surface area (Å²) in [5.74, 6) is 0.252. The van der Waals surface area contributed by atoms with Crippen LogP contribution in [0.4, 0.5) is 13.2 Å². The molecule has 1 amide bonds. The van der Waals surface area contributed by atoms with Crippen LogP contribution in [0.5, 0.6) is 5.75 Å². The van der Waals surface area contributed by atoms with Crippen LogP contribution in [0.1, 0.15) is 49.3 Å². The van der Waals surface area contributed by atoms with Gasteiger partial charge < -0.3 is 15.0 Å². The number of halogens is 4. The van der Waals surface area contributed by atoms with Crippen molar-refractivity contribution in [3.05, 3.63) is 91.7 Å². The van der Waals surface area contributed by atoms with Crippen LogP contribution in [0.15, 0.2) is 64.3 Å². The summed E-state index contributed by atoms with van der Waals surface area (Å²) in [6, 6.07) is 11.3. The number of allylic oxidation sites excluding steroid dienone is 1. The predicted octanol–water partition coefficient (Wildman–Crippen LogP) is 7.56. The molecule has 4 aromatic rings. The first kappa shape index (κ1) is 32.5. The number of benzene rings is 2. The monoisotopic (exact) mass is 656 g/mol. The third-order valence-corrected chi connectivity index (χ3v) is 8.46. The molecule has 2 aromatic carbocycles. The van der Waals surface area contributed by atoms with E-state index in [0.717, 1.165) is 29.0 Å². The molecule has 1 saturated heterocycles. The van der Waals surface area contributed by atoms with E-state index in [1.807, 2.05) is 27.7 Å². The number of carbonyl (C=O) groups excluding carboxylic acids is 1. The Morgan fingerprint density at radius 2 is 1.91 bits per heavy atom. The van der Waals surface area contributed by atoms with E-state index >= 15 is 0 Å². The zero-order valence-electron chi connectivity index (χ0n) is 25.2. The first-order valence-corrected chi connectivity index (χ1v) is 15.7. The third-order valence-electron chi connectivity index (χ3n) is 7.26. The first-order valence-electron chi connectivity index (χ1n) is 14.4. The number of carbonyl (C=O) groups is 1. The summed E-state index contributed by atoms with van der Waals surface area (Å²) < 4.78 is 46.5. The minimum atomic E-state index is -4.46. The maximum atomic E-state index is 14.4.